The molecule has 102 valence electrons. The SMILES string of the molecule is NN(c1ccccc1)c1ccc2c(c1)oc1ccccc12. The van der Waals surface area contributed by atoms with E-state index < -0.39 is 0 Å². The largest absolute Gasteiger partial charge is 0.456 e. The summed E-state index contributed by atoms with van der Waals surface area (Å²) >= 11 is 0. The van der Waals surface area contributed by atoms with Crippen molar-refractivity contribution in [2.24, 2.45) is 5.84 Å². The number of nitrogens with two attached hydrogens (primary N) is 1. The number of hydrazine groups is 1. The second-order valence-electron chi connectivity index (χ2n) is 4.98. The predicted molar refractivity (Wildman–Crippen MR) is 86.5 cm³/mol. The maximum Gasteiger partial charge on any atom is 0.137 e. The van der Waals surface area contributed by atoms with Crippen LogP contribution in [-0.2, 0) is 0 Å². The van der Waals surface area contributed by atoms with Gasteiger partial charge in [-0.15, -0.1) is 0 Å². The maximum absolute atomic E-state index is 6.19. The fraction of sp³-hybridized carbons (Fsp3) is 0. The van der Waals surface area contributed by atoms with Crippen LogP contribution in [0.25, 0.3) is 21.9 Å². The molecule has 0 unspecified atom stereocenters. The van der Waals surface area contributed by atoms with Crippen molar-refractivity contribution < 1.29 is 4.42 Å². The average molecular weight is 274 g/mol. The highest BCUT2D eigenvalue weighted by Crippen LogP contribution is 2.32. The molecule has 0 amide bonds. The highest BCUT2D eigenvalue weighted by Gasteiger charge is 2.10. The maximum atomic E-state index is 6.19. The van der Waals surface area contributed by atoms with Crippen LogP contribution >= 0.6 is 0 Å². The zero-order valence-electron chi connectivity index (χ0n) is 11.4. The first-order valence-corrected chi connectivity index (χ1v) is 6.84. The predicted octanol–water partition coefficient (Wildman–Crippen LogP) is 4.60. The van der Waals surface area contributed by atoms with E-state index in [-0.39, 0.29) is 0 Å². The molecule has 0 fully saturated rings. The molecule has 0 atom stereocenters. The van der Waals surface area contributed by atoms with E-state index in [9.17, 15) is 0 Å². The van der Waals surface area contributed by atoms with Crippen molar-refractivity contribution in [3.63, 3.8) is 0 Å². The molecule has 3 heteroatoms. The molecule has 1 aromatic heterocycles. The van der Waals surface area contributed by atoms with Crippen molar-refractivity contribution in [3.8, 4) is 0 Å². The van der Waals surface area contributed by atoms with Gasteiger partial charge in [0.25, 0.3) is 0 Å². The lowest BCUT2D eigenvalue weighted by molar-refractivity contribution is 0.669. The van der Waals surface area contributed by atoms with E-state index in [2.05, 4.69) is 12.1 Å². The number of furan rings is 1. The third-order valence-electron chi connectivity index (χ3n) is 3.67. The molecule has 0 bridgehead atoms. The highest BCUT2D eigenvalue weighted by atomic mass is 16.3. The fourth-order valence-corrected chi connectivity index (χ4v) is 2.60. The van der Waals surface area contributed by atoms with Gasteiger partial charge in [-0.05, 0) is 30.3 Å². The zero-order valence-corrected chi connectivity index (χ0v) is 11.4. The Morgan fingerprint density at radius 1 is 0.667 bits per heavy atom. The van der Waals surface area contributed by atoms with Crippen LogP contribution < -0.4 is 10.9 Å². The van der Waals surface area contributed by atoms with Gasteiger partial charge < -0.3 is 4.42 Å². The molecule has 4 aromatic rings. The number of benzene rings is 3. The molecule has 1 heterocycles. The Bertz CT molecular complexity index is 912. The first-order valence-electron chi connectivity index (χ1n) is 6.84. The molecule has 4 rings (SSSR count). The molecule has 21 heavy (non-hydrogen) atoms. The van der Waals surface area contributed by atoms with Crippen LogP contribution in [0.4, 0.5) is 11.4 Å². The van der Waals surface area contributed by atoms with E-state index in [4.69, 9.17) is 10.3 Å². The normalized spacial score (nSPS) is 11.1. The van der Waals surface area contributed by atoms with Crippen LogP contribution in [0.2, 0.25) is 0 Å². The molecule has 0 aliphatic heterocycles. The quantitative estimate of drug-likeness (QED) is 0.429. The molecule has 0 aliphatic carbocycles. The first kappa shape index (κ1) is 12.0. The third kappa shape index (κ3) is 1.95. The Balaban J connectivity index is 1.85. The van der Waals surface area contributed by atoms with Crippen LogP contribution in [0.1, 0.15) is 0 Å². The van der Waals surface area contributed by atoms with Crippen molar-refractivity contribution in [2.45, 2.75) is 0 Å². The Morgan fingerprint density at radius 2 is 1.38 bits per heavy atom. The summed E-state index contributed by atoms with van der Waals surface area (Å²) in [5.74, 6) is 6.19. The molecule has 3 nitrogen and oxygen atoms in total. The van der Waals surface area contributed by atoms with Crippen molar-refractivity contribution in [3.05, 3.63) is 72.8 Å². The Kier molecular flexibility index (Phi) is 2.66. The van der Waals surface area contributed by atoms with Crippen molar-refractivity contribution in [2.75, 3.05) is 5.01 Å². The van der Waals surface area contributed by atoms with Gasteiger partial charge in [0.2, 0.25) is 0 Å². The second kappa shape index (κ2) is 4.65. The minimum absolute atomic E-state index is 0.847. The molecule has 3 aromatic carbocycles. The van der Waals surface area contributed by atoms with E-state index in [0.717, 1.165) is 33.3 Å². The summed E-state index contributed by atoms with van der Waals surface area (Å²) in [6.45, 7) is 0. The van der Waals surface area contributed by atoms with Gasteiger partial charge >= 0.3 is 0 Å². The van der Waals surface area contributed by atoms with Crippen LogP contribution in [0, 0.1) is 0 Å². The topological polar surface area (TPSA) is 42.4 Å². The number of nitrogens with zero attached hydrogens (tertiary/aromatic N) is 1. The molecule has 0 radical (unpaired) electrons. The van der Waals surface area contributed by atoms with Crippen LogP contribution in [0.5, 0.6) is 0 Å². The number of anilines is 2. The molecule has 0 spiro atoms. The smallest absolute Gasteiger partial charge is 0.137 e. The van der Waals surface area contributed by atoms with E-state index in [0.29, 0.717) is 0 Å². The van der Waals surface area contributed by atoms with Gasteiger partial charge in [0, 0.05) is 16.8 Å². The first-order chi connectivity index (χ1) is 10.3. The minimum atomic E-state index is 0.847. The van der Waals surface area contributed by atoms with E-state index in [1.165, 1.54) is 0 Å². The number of para-hydroxylation sites is 2. The summed E-state index contributed by atoms with van der Waals surface area (Å²) in [4.78, 5) is 0. The number of fused-ring (bicyclic) bond motifs is 3. The van der Waals surface area contributed by atoms with Crippen molar-refractivity contribution >= 4 is 33.3 Å². The van der Waals surface area contributed by atoms with Crippen molar-refractivity contribution in [1.82, 2.24) is 0 Å². The van der Waals surface area contributed by atoms with Gasteiger partial charge in [-0.2, -0.15) is 0 Å². The summed E-state index contributed by atoms with van der Waals surface area (Å²) < 4.78 is 5.90. The number of rotatable bonds is 2. The van der Waals surface area contributed by atoms with E-state index in [1.807, 2.05) is 60.7 Å². The Labute approximate surface area is 122 Å². The van der Waals surface area contributed by atoms with Gasteiger partial charge in [0.15, 0.2) is 0 Å². The average Bonchev–Trinajstić information content (AvgIpc) is 2.92. The lowest BCUT2D eigenvalue weighted by Crippen LogP contribution is -2.24. The van der Waals surface area contributed by atoms with E-state index >= 15 is 0 Å². The highest BCUT2D eigenvalue weighted by molar-refractivity contribution is 6.05. The number of hydrogen-bond acceptors (Lipinski definition) is 3. The summed E-state index contributed by atoms with van der Waals surface area (Å²) in [7, 11) is 0. The summed E-state index contributed by atoms with van der Waals surface area (Å²) in [6, 6.07) is 23.9. The molecule has 0 aliphatic rings. The van der Waals surface area contributed by atoms with Gasteiger partial charge in [-0.1, -0.05) is 36.4 Å². The summed E-state index contributed by atoms with van der Waals surface area (Å²) in [5, 5.41) is 3.89. The Morgan fingerprint density at radius 3 is 2.24 bits per heavy atom. The van der Waals surface area contributed by atoms with Gasteiger partial charge in [0.1, 0.15) is 11.2 Å². The Hall–Kier alpha value is -2.78. The molecule has 0 saturated heterocycles. The monoisotopic (exact) mass is 274 g/mol. The molecule has 0 saturated carbocycles. The molecular weight excluding hydrogens is 260 g/mol. The van der Waals surface area contributed by atoms with E-state index in [1.54, 1.807) is 5.01 Å². The summed E-state index contributed by atoms with van der Waals surface area (Å²) in [6.07, 6.45) is 0. The number of hydrogen-bond donors (Lipinski definition) is 1. The lowest BCUT2D eigenvalue weighted by atomic mass is 10.1. The van der Waals surface area contributed by atoms with Crippen LogP contribution in [-0.4, -0.2) is 0 Å². The van der Waals surface area contributed by atoms with Gasteiger partial charge in [0.05, 0.1) is 11.4 Å². The zero-order chi connectivity index (χ0) is 14.2. The lowest BCUT2D eigenvalue weighted by Gasteiger charge is -2.18. The molecule has 2 N–H and O–H groups in total. The second-order valence-corrected chi connectivity index (χ2v) is 4.98. The van der Waals surface area contributed by atoms with Gasteiger partial charge in [-0.3, -0.25) is 5.01 Å². The van der Waals surface area contributed by atoms with Crippen molar-refractivity contribution in [1.29, 1.82) is 0 Å². The minimum Gasteiger partial charge on any atom is -0.456 e. The van der Waals surface area contributed by atoms with Crippen LogP contribution in [0.3, 0.4) is 0 Å². The molecular formula is C18H14N2O. The summed E-state index contributed by atoms with van der Waals surface area (Å²) in [5.41, 5.74) is 3.58. The fourth-order valence-electron chi connectivity index (χ4n) is 2.60. The standard InChI is InChI=1S/C18H14N2O/c19-20(13-6-2-1-3-7-13)14-10-11-16-15-8-4-5-9-17(15)21-18(16)12-14/h1-12H,19H2. The van der Waals surface area contributed by atoms with Crippen LogP contribution in [0.15, 0.2) is 77.2 Å². The van der Waals surface area contributed by atoms with Gasteiger partial charge in [-0.25, -0.2) is 5.84 Å². The third-order valence-corrected chi connectivity index (χ3v) is 3.67.